The van der Waals surface area contributed by atoms with Gasteiger partial charge in [0.2, 0.25) is 11.8 Å². The normalized spacial score (nSPS) is 11.8. The number of amides is 2. The Morgan fingerprint density at radius 1 is 0.907 bits per heavy atom. The van der Waals surface area contributed by atoms with Crippen LogP contribution in [0.1, 0.15) is 16.7 Å². The number of rotatable bonds is 12. The van der Waals surface area contributed by atoms with Gasteiger partial charge < -0.3 is 15.0 Å². The Bertz CT molecular complexity index is 1670. The van der Waals surface area contributed by atoms with E-state index in [0.717, 1.165) is 15.4 Å². The number of carbonyl (C=O) groups excluding carboxylic acids is 2. The molecule has 0 fully saturated rings. The van der Waals surface area contributed by atoms with Crippen LogP contribution >= 0.6 is 0 Å². The summed E-state index contributed by atoms with van der Waals surface area (Å²) >= 11 is 0. The average molecular weight is 604 g/mol. The van der Waals surface area contributed by atoms with Crippen molar-refractivity contribution >= 4 is 27.5 Å². The van der Waals surface area contributed by atoms with Crippen LogP contribution < -0.4 is 14.4 Å². The van der Waals surface area contributed by atoms with Crippen molar-refractivity contribution in [2.24, 2.45) is 0 Å². The number of nitrogens with one attached hydrogen (secondary N) is 1. The van der Waals surface area contributed by atoms with Gasteiger partial charge in [0.25, 0.3) is 10.0 Å². The van der Waals surface area contributed by atoms with Crippen LogP contribution in [0, 0.1) is 12.7 Å². The molecule has 1 atom stereocenters. The maximum Gasteiger partial charge on any atom is 0.264 e. The van der Waals surface area contributed by atoms with E-state index in [9.17, 15) is 22.4 Å². The van der Waals surface area contributed by atoms with Gasteiger partial charge in [0, 0.05) is 25.6 Å². The first-order chi connectivity index (χ1) is 20.6. The molecule has 0 heterocycles. The van der Waals surface area contributed by atoms with Crippen molar-refractivity contribution in [2.75, 3.05) is 25.0 Å². The maximum absolute atomic E-state index is 14.9. The number of hydrogen-bond acceptors (Lipinski definition) is 5. The lowest BCUT2D eigenvalue weighted by molar-refractivity contribution is -0.139. The molecule has 4 aromatic carbocycles. The Hall–Kier alpha value is -4.70. The SMILES string of the molecule is CNC(=O)[C@@H](Cc1ccccc1)N(Cc1ccccc1F)C(=O)CN(c1cc(C)ccc1OC)S(=O)(=O)c1ccccc1. The van der Waals surface area contributed by atoms with E-state index in [1.807, 2.05) is 30.3 Å². The van der Waals surface area contributed by atoms with Gasteiger partial charge in [-0.05, 0) is 48.4 Å². The van der Waals surface area contributed by atoms with E-state index >= 15 is 0 Å². The first-order valence-corrected chi connectivity index (χ1v) is 15.1. The van der Waals surface area contributed by atoms with Crippen LogP contribution in [0.3, 0.4) is 0 Å². The minimum atomic E-state index is -4.29. The van der Waals surface area contributed by atoms with E-state index < -0.39 is 40.2 Å². The largest absolute Gasteiger partial charge is 0.495 e. The quantitative estimate of drug-likeness (QED) is 0.253. The van der Waals surface area contributed by atoms with Crippen molar-refractivity contribution in [3.63, 3.8) is 0 Å². The van der Waals surface area contributed by atoms with Gasteiger partial charge >= 0.3 is 0 Å². The van der Waals surface area contributed by atoms with Crippen LogP contribution in [0.4, 0.5) is 10.1 Å². The molecular weight excluding hydrogens is 569 g/mol. The van der Waals surface area contributed by atoms with Crippen LogP contribution in [0.25, 0.3) is 0 Å². The minimum absolute atomic E-state index is 0.0286. The fourth-order valence-corrected chi connectivity index (χ4v) is 6.20. The number of halogens is 1. The second kappa shape index (κ2) is 14.0. The van der Waals surface area contributed by atoms with Crippen LogP contribution in [-0.4, -0.2) is 51.9 Å². The molecule has 43 heavy (non-hydrogen) atoms. The van der Waals surface area contributed by atoms with E-state index in [0.29, 0.717) is 0 Å². The second-order valence-corrected chi connectivity index (χ2v) is 11.8. The molecule has 4 rings (SSSR count). The molecule has 1 N–H and O–H groups in total. The summed E-state index contributed by atoms with van der Waals surface area (Å²) in [6.45, 7) is 0.860. The summed E-state index contributed by atoms with van der Waals surface area (Å²) in [7, 11) is -1.43. The van der Waals surface area contributed by atoms with E-state index in [1.54, 1.807) is 49.4 Å². The summed E-state index contributed by atoms with van der Waals surface area (Å²) in [5.74, 6) is -1.48. The molecule has 4 aromatic rings. The zero-order valence-corrected chi connectivity index (χ0v) is 25.1. The fraction of sp³-hybridized carbons (Fsp3) is 0.212. The highest BCUT2D eigenvalue weighted by Gasteiger charge is 2.35. The molecule has 0 saturated carbocycles. The van der Waals surface area contributed by atoms with Gasteiger partial charge in [-0.1, -0.05) is 72.8 Å². The number of aryl methyl sites for hydroxylation is 1. The van der Waals surface area contributed by atoms with Crippen LogP contribution in [0.5, 0.6) is 5.75 Å². The van der Waals surface area contributed by atoms with Crippen LogP contribution in [0.15, 0.2) is 108 Å². The van der Waals surface area contributed by atoms with Gasteiger partial charge in [0.15, 0.2) is 0 Å². The summed E-state index contributed by atoms with van der Waals surface area (Å²) in [5.41, 5.74) is 1.86. The van der Waals surface area contributed by atoms with Crippen molar-refractivity contribution in [1.29, 1.82) is 0 Å². The number of benzene rings is 4. The van der Waals surface area contributed by atoms with Crippen molar-refractivity contribution in [3.8, 4) is 5.75 Å². The molecule has 0 unspecified atom stereocenters. The van der Waals surface area contributed by atoms with E-state index in [-0.39, 0.29) is 34.9 Å². The molecule has 2 amide bonds. The topological polar surface area (TPSA) is 96.0 Å². The van der Waals surface area contributed by atoms with E-state index in [1.165, 1.54) is 49.4 Å². The van der Waals surface area contributed by atoms with Gasteiger partial charge in [-0.2, -0.15) is 0 Å². The van der Waals surface area contributed by atoms with Crippen LogP contribution in [-0.2, 0) is 32.6 Å². The smallest absolute Gasteiger partial charge is 0.264 e. The van der Waals surface area contributed by atoms with Crippen molar-refractivity contribution in [3.05, 3.63) is 126 Å². The third-order valence-electron chi connectivity index (χ3n) is 7.03. The average Bonchev–Trinajstić information content (AvgIpc) is 3.02. The van der Waals surface area contributed by atoms with Gasteiger partial charge in [0.1, 0.15) is 24.2 Å². The fourth-order valence-electron chi connectivity index (χ4n) is 4.76. The highest BCUT2D eigenvalue weighted by atomic mass is 32.2. The van der Waals surface area contributed by atoms with E-state index in [2.05, 4.69) is 5.32 Å². The molecule has 8 nitrogen and oxygen atoms in total. The number of carbonyl (C=O) groups is 2. The summed E-state index contributed by atoms with van der Waals surface area (Å²) in [4.78, 5) is 28.8. The summed E-state index contributed by atoms with van der Waals surface area (Å²) in [6, 6.07) is 26.8. The molecule has 0 aromatic heterocycles. The number of likely N-dealkylation sites (N-methyl/N-ethyl adjacent to an activating group) is 1. The predicted octanol–water partition coefficient (Wildman–Crippen LogP) is 4.72. The molecule has 0 aliphatic heterocycles. The zero-order valence-electron chi connectivity index (χ0n) is 24.2. The number of ether oxygens (including phenoxy) is 1. The first-order valence-electron chi connectivity index (χ1n) is 13.7. The Morgan fingerprint density at radius 3 is 2.16 bits per heavy atom. The number of hydrogen-bond donors (Lipinski definition) is 1. The summed E-state index contributed by atoms with van der Waals surface area (Å²) < 4.78 is 49.6. The lowest BCUT2D eigenvalue weighted by Crippen LogP contribution is -2.53. The van der Waals surface area contributed by atoms with Gasteiger partial charge in [-0.25, -0.2) is 12.8 Å². The molecule has 0 aliphatic rings. The third kappa shape index (κ3) is 7.39. The van der Waals surface area contributed by atoms with E-state index in [4.69, 9.17) is 4.74 Å². The predicted molar refractivity (Wildman–Crippen MR) is 164 cm³/mol. The maximum atomic E-state index is 14.9. The van der Waals surface area contributed by atoms with Crippen molar-refractivity contribution < 1.29 is 27.1 Å². The molecule has 0 bridgehead atoms. The number of anilines is 1. The number of nitrogens with zero attached hydrogens (tertiary/aromatic N) is 2. The first kappa shape index (κ1) is 31.2. The molecule has 0 saturated heterocycles. The van der Waals surface area contributed by atoms with Gasteiger partial charge in [-0.3, -0.25) is 13.9 Å². The zero-order chi connectivity index (χ0) is 31.0. The van der Waals surface area contributed by atoms with Gasteiger partial charge in [-0.15, -0.1) is 0 Å². The Kier molecular flexibility index (Phi) is 10.2. The van der Waals surface area contributed by atoms with Gasteiger partial charge in [0.05, 0.1) is 17.7 Å². The highest BCUT2D eigenvalue weighted by molar-refractivity contribution is 7.92. The molecule has 0 radical (unpaired) electrons. The lowest BCUT2D eigenvalue weighted by atomic mass is 10.0. The Balaban J connectivity index is 1.84. The minimum Gasteiger partial charge on any atom is -0.495 e. The lowest BCUT2D eigenvalue weighted by Gasteiger charge is -2.34. The number of methoxy groups -OCH3 is 1. The summed E-state index contributed by atoms with van der Waals surface area (Å²) in [5, 5.41) is 2.61. The Morgan fingerprint density at radius 2 is 1.53 bits per heavy atom. The second-order valence-electron chi connectivity index (χ2n) is 9.93. The molecule has 0 spiro atoms. The molecular formula is C33H34FN3O5S. The van der Waals surface area contributed by atoms with Crippen molar-refractivity contribution in [2.45, 2.75) is 30.8 Å². The molecule has 224 valence electrons. The molecule has 0 aliphatic carbocycles. The Labute approximate surface area is 251 Å². The monoisotopic (exact) mass is 603 g/mol. The van der Waals surface area contributed by atoms with Crippen LogP contribution in [0.2, 0.25) is 0 Å². The third-order valence-corrected chi connectivity index (χ3v) is 8.80. The molecule has 10 heteroatoms. The standard InChI is InChI=1S/C33H34FN3O5S/c1-24-18-19-31(42-3)29(20-24)37(43(40,41)27-15-8-5-9-16-27)23-32(38)36(22-26-14-10-11-17-28(26)34)30(33(39)35-2)21-25-12-6-4-7-13-25/h4-20,30H,21-23H2,1-3H3,(H,35,39)/t30-/m1/s1. The highest BCUT2D eigenvalue weighted by Crippen LogP contribution is 2.34. The van der Waals surface area contributed by atoms with Crippen molar-refractivity contribution in [1.82, 2.24) is 10.2 Å². The summed E-state index contributed by atoms with van der Waals surface area (Å²) in [6.07, 6.45) is 0.125. The number of sulfonamides is 1.